The lowest BCUT2D eigenvalue weighted by atomic mass is 10.1. The SMILES string of the molecule is CC[C@H]1COc2c(S(N)(=O)=O)cnn2C1. The van der Waals surface area contributed by atoms with Crippen molar-refractivity contribution in [2.24, 2.45) is 11.1 Å². The average Bonchev–Trinajstić information content (AvgIpc) is 2.59. The molecule has 1 aliphatic rings. The maximum atomic E-state index is 11.2. The van der Waals surface area contributed by atoms with Crippen molar-refractivity contribution in [3.05, 3.63) is 6.20 Å². The molecule has 0 radical (unpaired) electrons. The van der Waals surface area contributed by atoms with Crippen LogP contribution in [0, 0.1) is 5.92 Å². The Bertz CT molecular complexity index is 465. The highest BCUT2D eigenvalue weighted by Crippen LogP contribution is 2.27. The third-order valence-corrected chi connectivity index (χ3v) is 3.42. The van der Waals surface area contributed by atoms with Gasteiger partial charge in [0.15, 0.2) is 4.90 Å². The van der Waals surface area contributed by atoms with E-state index in [4.69, 9.17) is 9.88 Å². The second-order valence-corrected chi connectivity index (χ2v) is 5.16. The zero-order valence-electron chi connectivity index (χ0n) is 8.38. The van der Waals surface area contributed by atoms with Gasteiger partial charge in [0.1, 0.15) is 0 Å². The highest BCUT2D eigenvalue weighted by molar-refractivity contribution is 7.89. The predicted molar refractivity (Wildman–Crippen MR) is 52.9 cm³/mol. The summed E-state index contributed by atoms with van der Waals surface area (Å²) in [6, 6.07) is 0. The lowest BCUT2D eigenvalue weighted by Crippen LogP contribution is -2.26. The first kappa shape index (κ1) is 10.4. The van der Waals surface area contributed by atoms with Crippen molar-refractivity contribution < 1.29 is 13.2 Å². The summed E-state index contributed by atoms with van der Waals surface area (Å²) in [6.45, 7) is 3.26. The van der Waals surface area contributed by atoms with E-state index in [9.17, 15) is 8.42 Å². The van der Waals surface area contributed by atoms with Crippen LogP contribution in [-0.4, -0.2) is 24.8 Å². The smallest absolute Gasteiger partial charge is 0.245 e. The van der Waals surface area contributed by atoms with Crippen LogP contribution in [0.25, 0.3) is 0 Å². The standard InChI is InChI=1S/C8H13N3O3S/c1-2-6-4-11-8(14-5-6)7(3-10-11)15(9,12)13/h3,6H,2,4-5H2,1H3,(H2,9,12,13)/t6-/m1/s1. The van der Waals surface area contributed by atoms with Crippen LogP contribution in [0.5, 0.6) is 5.88 Å². The monoisotopic (exact) mass is 231 g/mol. The minimum absolute atomic E-state index is 0.0305. The average molecular weight is 231 g/mol. The zero-order chi connectivity index (χ0) is 11.1. The molecule has 2 rings (SSSR count). The Morgan fingerprint density at radius 2 is 2.47 bits per heavy atom. The Balaban J connectivity index is 2.38. The molecule has 0 unspecified atom stereocenters. The van der Waals surface area contributed by atoms with Crippen molar-refractivity contribution in [3.8, 4) is 5.88 Å². The Morgan fingerprint density at radius 3 is 3.07 bits per heavy atom. The summed E-state index contributed by atoms with van der Waals surface area (Å²) >= 11 is 0. The highest BCUT2D eigenvalue weighted by Gasteiger charge is 2.26. The largest absolute Gasteiger partial charge is 0.477 e. The van der Waals surface area contributed by atoms with Gasteiger partial charge in [-0.3, -0.25) is 0 Å². The van der Waals surface area contributed by atoms with Crippen molar-refractivity contribution in [1.29, 1.82) is 0 Å². The fourth-order valence-electron chi connectivity index (χ4n) is 1.57. The molecular weight excluding hydrogens is 218 g/mol. The zero-order valence-corrected chi connectivity index (χ0v) is 9.20. The fraction of sp³-hybridized carbons (Fsp3) is 0.625. The quantitative estimate of drug-likeness (QED) is 0.773. The van der Waals surface area contributed by atoms with Crippen LogP contribution in [-0.2, 0) is 16.6 Å². The molecule has 2 N–H and O–H groups in total. The predicted octanol–water partition coefficient (Wildman–Crippen LogP) is -0.0509. The number of rotatable bonds is 2. The molecule has 1 aromatic rings. The van der Waals surface area contributed by atoms with Crippen LogP contribution >= 0.6 is 0 Å². The van der Waals surface area contributed by atoms with E-state index in [2.05, 4.69) is 12.0 Å². The van der Waals surface area contributed by atoms with Gasteiger partial charge in [-0.25, -0.2) is 18.2 Å². The Labute approximate surface area is 88.1 Å². The molecule has 0 fully saturated rings. The molecule has 0 amide bonds. The van der Waals surface area contributed by atoms with Crippen LogP contribution in [0.4, 0.5) is 0 Å². The first-order valence-electron chi connectivity index (χ1n) is 4.73. The Morgan fingerprint density at radius 1 is 1.73 bits per heavy atom. The highest BCUT2D eigenvalue weighted by atomic mass is 32.2. The first-order valence-corrected chi connectivity index (χ1v) is 6.28. The molecule has 6 nitrogen and oxygen atoms in total. The van der Waals surface area contributed by atoms with Crippen molar-refractivity contribution in [2.45, 2.75) is 24.8 Å². The molecular formula is C8H13N3O3S. The molecule has 0 aliphatic carbocycles. The number of ether oxygens (including phenoxy) is 1. The van der Waals surface area contributed by atoms with Crippen molar-refractivity contribution in [1.82, 2.24) is 9.78 Å². The molecule has 1 aliphatic heterocycles. The van der Waals surface area contributed by atoms with Crippen LogP contribution < -0.4 is 9.88 Å². The number of primary sulfonamides is 1. The lowest BCUT2D eigenvalue weighted by Gasteiger charge is -2.23. The van der Waals surface area contributed by atoms with Gasteiger partial charge in [-0.15, -0.1) is 0 Å². The molecule has 0 saturated heterocycles. The van der Waals surface area contributed by atoms with Crippen LogP contribution in [0.2, 0.25) is 0 Å². The number of aromatic nitrogens is 2. The van der Waals surface area contributed by atoms with Crippen LogP contribution in [0.3, 0.4) is 0 Å². The summed E-state index contributed by atoms with van der Waals surface area (Å²) in [5.74, 6) is 0.646. The van der Waals surface area contributed by atoms with E-state index in [0.29, 0.717) is 19.1 Å². The van der Waals surface area contributed by atoms with Crippen LogP contribution in [0.15, 0.2) is 11.1 Å². The Kier molecular flexibility index (Phi) is 2.43. The van der Waals surface area contributed by atoms with Gasteiger partial charge in [0.2, 0.25) is 15.9 Å². The molecule has 0 aromatic carbocycles. The van der Waals surface area contributed by atoms with E-state index in [1.54, 1.807) is 4.68 Å². The van der Waals surface area contributed by atoms with E-state index >= 15 is 0 Å². The van der Waals surface area contributed by atoms with Gasteiger partial charge in [-0.05, 0) is 6.42 Å². The van der Waals surface area contributed by atoms with Crippen molar-refractivity contribution in [3.63, 3.8) is 0 Å². The molecule has 84 valence electrons. The molecule has 1 aromatic heterocycles. The van der Waals surface area contributed by atoms with Gasteiger partial charge in [-0.1, -0.05) is 6.92 Å². The molecule has 2 heterocycles. The maximum Gasteiger partial charge on any atom is 0.245 e. The normalized spacial score (nSPS) is 20.8. The lowest BCUT2D eigenvalue weighted by molar-refractivity contribution is 0.157. The summed E-state index contributed by atoms with van der Waals surface area (Å²) in [6.07, 6.45) is 2.21. The second-order valence-electron chi connectivity index (χ2n) is 3.63. The number of hydrogen-bond acceptors (Lipinski definition) is 4. The van der Waals surface area contributed by atoms with Gasteiger partial charge in [0, 0.05) is 5.92 Å². The minimum Gasteiger partial charge on any atom is -0.477 e. The van der Waals surface area contributed by atoms with Crippen molar-refractivity contribution >= 4 is 10.0 Å². The molecule has 0 spiro atoms. The third kappa shape index (κ3) is 1.84. The number of hydrogen-bond donors (Lipinski definition) is 1. The summed E-state index contributed by atoms with van der Waals surface area (Å²) in [5.41, 5.74) is 0. The maximum absolute atomic E-state index is 11.2. The van der Waals surface area contributed by atoms with Gasteiger partial charge in [0.25, 0.3) is 0 Å². The number of nitrogens with zero attached hydrogens (tertiary/aromatic N) is 2. The number of nitrogens with two attached hydrogens (primary N) is 1. The minimum atomic E-state index is -3.73. The molecule has 15 heavy (non-hydrogen) atoms. The van der Waals surface area contributed by atoms with Crippen molar-refractivity contribution in [2.75, 3.05) is 6.61 Å². The third-order valence-electron chi connectivity index (χ3n) is 2.53. The molecule has 7 heteroatoms. The van der Waals surface area contributed by atoms with E-state index in [0.717, 1.165) is 6.42 Å². The van der Waals surface area contributed by atoms with Gasteiger partial charge in [-0.2, -0.15) is 5.10 Å². The molecule has 0 saturated carbocycles. The van der Waals surface area contributed by atoms with E-state index < -0.39 is 10.0 Å². The number of fused-ring (bicyclic) bond motifs is 1. The summed E-state index contributed by atoms with van der Waals surface area (Å²) in [4.78, 5) is -0.0305. The first-order chi connectivity index (χ1) is 7.02. The summed E-state index contributed by atoms with van der Waals surface area (Å²) in [7, 11) is -3.73. The molecule has 1 atom stereocenters. The topological polar surface area (TPSA) is 87.2 Å². The summed E-state index contributed by atoms with van der Waals surface area (Å²) < 4.78 is 29.2. The number of sulfonamides is 1. The van der Waals surface area contributed by atoms with E-state index in [1.807, 2.05) is 0 Å². The fourth-order valence-corrected chi connectivity index (χ4v) is 2.17. The Hall–Kier alpha value is -1.08. The van der Waals surface area contributed by atoms with E-state index in [-0.39, 0.29) is 10.8 Å². The van der Waals surface area contributed by atoms with E-state index in [1.165, 1.54) is 6.20 Å². The molecule has 0 bridgehead atoms. The van der Waals surface area contributed by atoms with Gasteiger partial charge < -0.3 is 4.74 Å². The van der Waals surface area contributed by atoms with Gasteiger partial charge >= 0.3 is 0 Å². The summed E-state index contributed by atoms with van der Waals surface area (Å²) in [5, 5.41) is 8.99. The van der Waals surface area contributed by atoms with Crippen LogP contribution in [0.1, 0.15) is 13.3 Å². The van der Waals surface area contributed by atoms with Gasteiger partial charge in [0.05, 0.1) is 19.3 Å². The second kappa shape index (κ2) is 3.49.